The highest BCUT2D eigenvalue weighted by Gasteiger charge is 2.26. The van der Waals surface area contributed by atoms with Gasteiger partial charge in [-0.2, -0.15) is 0 Å². The van der Waals surface area contributed by atoms with Crippen LogP contribution in [0.25, 0.3) is 0 Å². The highest BCUT2D eigenvalue weighted by atomic mass is 16.6. The smallest absolute Gasteiger partial charge is 0.338 e. The molecule has 1 rings (SSSR count). The third-order valence-electron chi connectivity index (χ3n) is 2.24. The minimum Gasteiger partial charge on any atom is -0.465 e. The van der Waals surface area contributed by atoms with Gasteiger partial charge in [0.05, 0.1) is 29.3 Å². The molecule has 0 aliphatic carbocycles. The molecule has 0 amide bonds. The summed E-state index contributed by atoms with van der Waals surface area (Å²) in [5, 5.41) is 20.5. The van der Waals surface area contributed by atoms with Gasteiger partial charge in [0.1, 0.15) is 0 Å². The Balaban J connectivity index is 3.44. The van der Waals surface area contributed by atoms with E-state index in [4.69, 9.17) is 5.73 Å². The topological polar surface area (TPSA) is 116 Å². The molecule has 0 heterocycles. The fourth-order valence-electron chi connectivity index (χ4n) is 1.47. The van der Waals surface area contributed by atoms with Gasteiger partial charge in [-0.1, -0.05) is 6.07 Å². The van der Waals surface area contributed by atoms with Crippen LogP contribution in [-0.2, 0) is 4.74 Å². The lowest BCUT2D eigenvalue weighted by atomic mass is 10.00. The molecule has 0 saturated heterocycles. The molecule has 0 saturated carbocycles. The molecule has 0 aliphatic rings. The van der Waals surface area contributed by atoms with E-state index in [0.29, 0.717) is 0 Å². The van der Waals surface area contributed by atoms with Crippen molar-refractivity contribution in [2.24, 2.45) is 5.73 Å². The molecule has 1 aromatic carbocycles. The number of rotatable bonds is 4. The number of carbonyl (C=O) groups excluding carboxylic acids is 1. The average Bonchev–Trinajstić information content (AvgIpc) is 2.35. The first kappa shape index (κ1) is 13.1. The molecule has 1 unspecified atom stereocenters. The van der Waals surface area contributed by atoms with Crippen molar-refractivity contribution < 1.29 is 19.6 Å². The normalized spacial score (nSPS) is 11.9. The Kier molecular flexibility index (Phi) is 4.13. The summed E-state index contributed by atoms with van der Waals surface area (Å²) in [6.07, 6.45) is -1.29. The molecule has 7 heteroatoms. The van der Waals surface area contributed by atoms with E-state index in [9.17, 15) is 20.0 Å². The summed E-state index contributed by atoms with van der Waals surface area (Å²) in [4.78, 5) is 21.6. The predicted molar refractivity (Wildman–Crippen MR) is 58.5 cm³/mol. The second-order valence-electron chi connectivity index (χ2n) is 3.24. The molecule has 1 aromatic rings. The number of aliphatic hydroxyl groups is 1. The van der Waals surface area contributed by atoms with Crippen LogP contribution >= 0.6 is 0 Å². The monoisotopic (exact) mass is 240 g/mol. The Bertz CT molecular complexity index is 446. The summed E-state index contributed by atoms with van der Waals surface area (Å²) in [6, 6.07) is 3.88. The Labute approximate surface area is 97.0 Å². The molecule has 0 aromatic heterocycles. The number of ether oxygens (including phenoxy) is 1. The maximum absolute atomic E-state index is 11.4. The summed E-state index contributed by atoms with van der Waals surface area (Å²) in [6.45, 7) is -0.227. The van der Waals surface area contributed by atoms with Crippen molar-refractivity contribution in [2.45, 2.75) is 6.10 Å². The Morgan fingerprint density at radius 1 is 1.65 bits per heavy atom. The van der Waals surface area contributed by atoms with Gasteiger partial charge in [0.2, 0.25) is 0 Å². The number of carbonyl (C=O) groups is 1. The van der Waals surface area contributed by atoms with Gasteiger partial charge in [-0.05, 0) is 6.07 Å². The highest BCUT2D eigenvalue weighted by Crippen LogP contribution is 2.28. The number of nitro groups is 1. The van der Waals surface area contributed by atoms with E-state index in [1.807, 2.05) is 0 Å². The number of nitrogens with zero attached hydrogens (tertiary/aromatic N) is 1. The number of nitrogens with two attached hydrogens (primary N) is 1. The van der Waals surface area contributed by atoms with E-state index in [-0.39, 0.29) is 23.4 Å². The van der Waals surface area contributed by atoms with Gasteiger partial charge in [0, 0.05) is 12.6 Å². The second kappa shape index (κ2) is 5.37. The number of aliphatic hydroxyl groups excluding tert-OH is 1. The molecule has 17 heavy (non-hydrogen) atoms. The van der Waals surface area contributed by atoms with E-state index < -0.39 is 17.0 Å². The number of hydrogen-bond donors (Lipinski definition) is 2. The van der Waals surface area contributed by atoms with Crippen molar-refractivity contribution in [2.75, 3.05) is 13.7 Å². The molecule has 0 fully saturated rings. The van der Waals surface area contributed by atoms with Gasteiger partial charge in [-0.15, -0.1) is 0 Å². The van der Waals surface area contributed by atoms with Gasteiger partial charge >= 0.3 is 5.97 Å². The number of nitro benzene ring substituents is 1. The lowest BCUT2D eigenvalue weighted by molar-refractivity contribution is -0.386. The first-order valence-corrected chi connectivity index (χ1v) is 4.76. The van der Waals surface area contributed by atoms with Crippen LogP contribution in [-0.4, -0.2) is 29.7 Å². The van der Waals surface area contributed by atoms with E-state index in [0.717, 1.165) is 7.11 Å². The third-order valence-corrected chi connectivity index (χ3v) is 2.24. The van der Waals surface area contributed by atoms with Crippen LogP contribution in [0, 0.1) is 10.1 Å². The van der Waals surface area contributed by atoms with E-state index in [2.05, 4.69) is 4.74 Å². The van der Waals surface area contributed by atoms with Gasteiger partial charge in [0.15, 0.2) is 0 Å². The maximum atomic E-state index is 11.4. The van der Waals surface area contributed by atoms with Crippen LogP contribution in [0.3, 0.4) is 0 Å². The van der Waals surface area contributed by atoms with E-state index in [1.165, 1.54) is 18.2 Å². The quantitative estimate of drug-likeness (QED) is 0.446. The van der Waals surface area contributed by atoms with E-state index in [1.54, 1.807) is 0 Å². The lowest BCUT2D eigenvalue weighted by Crippen LogP contribution is -2.17. The van der Waals surface area contributed by atoms with Crippen molar-refractivity contribution in [3.63, 3.8) is 0 Å². The fraction of sp³-hybridized carbons (Fsp3) is 0.300. The van der Waals surface area contributed by atoms with Crippen molar-refractivity contribution in [3.8, 4) is 0 Å². The lowest BCUT2D eigenvalue weighted by Gasteiger charge is -2.12. The zero-order valence-electron chi connectivity index (χ0n) is 9.12. The number of benzene rings is 1. The summed E-state index contributed by atoms with van der Waals surface area (Å²) in [7, 11) is 1.15. The predicted octanol–water partition coefficient (Wildman–Crippen LogP) is 0.373. The first-order valence-electron chi connectivity index (χ1n) is 4.76. The van der Waals surface area contributed by atoms with Crippen LogP contribution in [0.15, 0.2) is 18.2 Å². The Hall–Kier alpha value is -1.99. The largest absolute Gasteiger partial charge is 0.465 e. The van der Waals surface area contributed by atoms with Crippen molar-refractivity contribution in [1.82, 2.24) is 0 Å². The first-order chi connectivity index (χ1) is 8.02. The zero-order valence-corrected chi connectivity index (χ0v) is 9.12. The van der Waals surface area contributed by atoms with Crippen LogP contribution in [0.2, 0.25) is 0 Å². The molecule has 3 N–H and O–H groups in total. The highest BCUT2D eigenvalue weighted by molar-refractivity contribution is 5.92. The summed E-state index contributed by atoms with van der Waals surface area (Å²) in [5.74, 6) is -0.754. The minimum absolute atomic E-state index is 0.0559. The molecule has 7 nitrogen and oxygen atoms in total. The molecule has 1 atom stereocenters. The fourth-order valence-corrected chi connectivity index (χ4v) is 1.47. The summed E-state index contributed by atoms with van der Waals surface area (Å²) < 4.78 is 4.49. The summed E-state index contributed by atoms with van der Waals surface area (Å²) in [5.41, 5.74) is 4.73. The van der Waals surface area contributed by atoms with Crippen LogP contribution < -0.4 is 5.73 Å². The third kappa shape index (κ3) is 2.58. The van der Waals surface area contributed by atoms with Gasteiger partial charge in [0.25, 0.3) is 5.69 Å². The van der Waals surface area contributed by atoms with Crippen molar-refractivity contribution >= 4 is 11.7 Å². The van der Waals surface area contributed by atoms with Gasteiger partial charge < -0.3 is 15.6 Å². The molecular formula is C10H12N2O5. The van der Waals surface area contributed by atoms with Gasteiger partial charge in [-0.25, -0.2) is 4.79 Å². The molecule has 0 bridgehead atoms. The molecule has 0 spiro atoms. The van der Waals surface area contributed by atoms with Gasteiger partial charge in [-0.3, -0.25) is 10.1 Å². The SMILES string of the molecule is COC(=O)c1cccc([N+](=O)[O-])c1C(O)CN. The molecule has 92 valence electrons. The molecular weight excluding hydrogens is 228 g/mol. The van der Waals surface area contributed by atoms with Crippen LogP contribution in [0.4, 0.5) is 5.69 Å². The maximum Gasteiger partial charge on any atom is 0.338 e. The van der Waals surface area contributed by atoms with Crippen LogP contribution in [0.5, 0.6) is 0 Å². The van der Waals surface area contributed by atoms with Crippen LogP contribution in [0.1, 0.15) is 22.0 Å². The number of esters is 1. The zero-order chi connectivity index (χ0) is 13.0. The molecule has 0 radical (unpaired) electrons. The number of methoxy groups -OCH3 is 1. The second-order valence-corrected chi connectivity index (χ2v) is 3.24. The summed E-state index contributed by atoms with van der Waals surface area (Å²) >= 11 is 0. The van der Waals surface area contributed by atoms with Crippen molar-refractivity contribution in [1.29, 1.82) is 0 Å². The average molecular weight is 240 g/mol. The minimum atomic E-state index is -1.29. The Morgan fingerprint density at radius 3 is 2.76 bits per heavy atom. The Morgan fingerprint density at radius 2 is 2.29 bits per heavy atom. The standard InChI is InChI=1S/C10H12N2O5/c1-17-10(14)6-3-2-4-7(12(15)16)9(6)8(13)5-11/h2-4,8,13H,5,11H2,1H3. The number of hydrogen-bond acceptors (Lipinski definition) is 6. The van der Waals surface area contributed by atoms with Crippen molar-refractivity contribution in [3.05, 3.63) is 39.4 Å². The molecule has 0 aliphatic heterocycles. The van der Waals surface area contributed by atoms with E-state index >= 15 is 0 Å².